The molecule has 3 aromatic rings. The molecule has 0 unspecified atom stereocenters. The molecule has 5 rings (SSSR count). The molecule has 1 aliphatic carbocycles. The monoisotopic (exact) mass is 450 g/mol. The number of aromatic nitrogens is 4. The number of halogens is 1. The normalized spacial score (nSPS) is 18.9. The predicted molar refractivity (Wildman–Crippen MR) is 125 cm³/mol. The largest absolute Gasteiger partial charge is 0.497 e. The number of para-hydroxylation sites is 1. The highest BCUT2D eigenvalue weighted by Crippen LogP contribution is 2.34. The first-order valence-electron chi connectivity index (χ1n) is 11.9. The highest BCUT2D eigenvalue weighted by atomic mass is 19.1. The van der Waals surface area contributed by atoms with Crippen LogP contribution in [0.25, 0.3) is 0 Å². The van der Waals surface area contributed by atoms with E-state index in [4.69, 9.17) is 4.74 Å². The molecule has 0 radical (unpaired) electrons. The van der Waals surface area contributed by atoms with Gasteiger partial charge in [0.15, 0.2) is 5.82 Å². The third-order valence-electron chi connectivity index (χ3n) is 6.99. The third kappa shape index (κ3) is 4.57. The van der Waals surface area contributed by atoms with Gasteiger partial charge in [-0.25, -0.2) is 9.07 Å². The molecule has 2 heterocycles. The minimum absolute atomic E-state index is 0.0596. The van der Waals surface area contributed by atoms with Crippen molar-refractivity contribution in [2.75, 3.05) is 38.2 Å². The molecule has 2 aromatic carbocycles. The lowest BCUT2D eigenvalue weighted by atomic mass is 9.95. The predicted octanol–water partition coefficient (Wildman–Crippen LogP) is 4.24. The van der Waals surface area contributed by atoms with Gasteiger partial charge in [0.25, 0.3) is 0 Å². The van der Waals surface area contributed by atoms with Crippen LogP contribution in [-0.2, 0) is 0 Å². The summed E-state index contributed by atoms with van der Waals surface area (Å²) in [4.78, 5) is 4.55. The number of piperazine rings is 1. The van der Waals surface area contributed by atoms with E-state index in [0.29, 0.717) is 11.7 Å². The average molecular weight is 451 g/mol. The number of anilines is 1. The summed E-state index contributed by atoms with van der Waals surface area (Å²) < 4.78 is 21.8. The van der Waals surface area contributed by atoms with Crippen LogP contribution in [0, 0.1) is 5.82 Å². The van der Waals surface area contributed by atoms with E-state index in [9.17, 15) is 4.39 Å². The van der Waals surface area contributed by atoms with Gasteiger partial charge >= 0.3 is 0 Å². The van der Waals surface area contributed by atoms with Gasteiger partial charge in [0.2, 0.25) is 0 Å². The summed E-state index contributed by atoms with van der Waals surface area (Å²) in [6, 6.07) is 15.5. The van der Waals surface area contributed by atoms with Crippen LogP contribution in [0.15, 0.2) is 48.5 Å². The molecule has 2 aliphatic rings. The van der Waals surface area contributed by atoms with Gasteiger partial charge in [-0.15, -0.1) is 5.10 Å². The molecule has 1 saturated heterocycles. The Morgan fingerprint density at radius 3 is 2.36 bits per heavy atom. The molecule has 2 fully saturated rings. The van der Waals surface area contributed by atoms with Crippen molar-refractivity contribution >= 4 is 5.69 Å². The van der Waals surface area contributed by atoms with Crippen LogP contribution in [0.4, 0.5) is 10.1 Å². The number of hydrogen-bond acceptors (Lipinski definition) is 6. The van der Waals surface area contributed by atoms with E-state index in [1.165, 1.54) is 25.3 Å². The van der Waals surface area contributed by atoms with Gasteiger partial charge in [-0.3, -0.25) is 4.90 Å². The van der Waals surface area contributed by atoms with Crippen molar-refractivity contribution in [3.63, 3.8) is 0 Å². The van der Waals surface area contributed by atoms with Crippen molar-refractivity contribution < 1.29 is 9.13 Å². The molecular weight excluding hydrogens is 419 g/mol. The van der Waals surface area contributed by atoms with Gasteiger partial charge in [0.1, 0.15) is 11.6 Å². The van der Waals surface area contributed by atoms with E-state index >= 15 is 0 Å². The van der Waals surface area contributed by atoms with Gasteiger partial charge in [-0.1, -0.05) is 43.5 Å². The maximum absolute atomic E-state index is 14.4. The Kier molecular flexibility index (Phi) is 6.53. The zero-order chi connectivity index (χ0) is 22.6. The van der Waals surface area contributed by atoms with Crippen LogP contribution in [0.2, 0.25) is 0 Å². The molecule has 1 saturated carbocycles. The molecule has 1 aromatic heterocycles. The smallest absolute Gasteiger partial charge is 0.173 e. The Hall–Kier alpha value is -3.00. The van der Waals surface area contributed by atoms with Crippen LogP contribution in [0.3, 0.4) is 0 Å². The first kappa shape index (κ1) is 21.8. The highest BCUT2D eigenvalue weighted by Gasteiger charge is 2.33. The zero-order valence-electron chi connectivity index (χ0n) is 19.1. The van der Waals surface area contributed by atoms with Gasteiger partial charge < -0.3 is 9.64 Å². The highest BCUT2D eigenvalue weighted by molar-refractivity contribution is 5.48. The fourth-order valence-corrected chi connectivity index (χ4v) is 5.20. The number of methoxy groups -OCH3 is 1. The molecule has 1 atom stereocenters. The number of tetrazole rings is 1. The molecular formula is C25H31FN6O. The number of hydrogen-bond donors (Lipinski definition) is 0. The van der Waals surface area contributed by atoms with Crippen LogP contribution in [0.1, 0.15) is 55.6 Å². The Labute approximate surface area is 194 Å². The Morgan fingerprint density at radius 2 is 1.67 bits per heavy atom. The van der Waals surface area contributed by atoms with Crippen LogP contribution in [-0.4, -0.2) is 58.4 Å². The van der Waals surface area contributed by atoms with Crippen molar-refractivity contribution in [2.45, 2.75) is 44.2 Å². The van der Waals surface area contributed by atoms with E-state index in [0.717, 1.165) is 56.2 Å². The lowest BCUT2D eigenvalue weighted by Crippen LogP contribution is -2.48. The van der Waals surface area contributed by atoms with Crippen LogP contribution in [0.5, 0.6) is 5.75 Å². The van der Waals surface area contributed by atoms with Crippen LogP contribution >= 0.6 is 0 Å². The Bertz CT molecular complexity index is 1040. The number of benzene rings is 2. The standard InChI is InChI=1S/C25H31FN6O/c1-33-21-13-11-19(12-14-21)24(25-27-28-29-32(25)20-7-3-2-4-8-20)31-17-15-30(16-18-31)23-10-6-5-9-22(23)26/h5-6,9-14,20,24H,2-4,7-8,15-18H2,1H3/t24-/m1/s1. The zero-order valence-corrected chi connectivity index (χ0v) is 19.1. The third-order valence-corrected chi connectivity index (χ3v) is 6.99. The number of nitrogens with zero attached hydrogens (tertiary/aromatic N) is 6. The minimum Gasteiger partial charge on any atom is -0.497 e. The molecule has 8 heteroatoms. The van der Waals surface area contributed by atoms with E-state index in [1.807, 2.05) is 24.3 Å². The maximum Gasteiger partial charge on any atom is 0.173 e. The van der Waals surface area contributed by atoms with Gasteiger partial charge in [0.05, 0.1) is 24.9 Å². The molecule has 1 aliphatic heterocycles. The van der Waals surface area contributed by atoms with Crippen molar-refractivity contribution in [3.8, 4) is 5.75 Å². The summed E-state index contributed by atoms with van der Waals surface area (Å²) in [5.74, 6) is 1.55. The summed E-state index contributed by atoms with van der Waals surface area (Å²) in [5, 5.41) is 13.1. The molecule has 174 valence electrons. The summed E-state index contributed by atoms with van der Waals surface area (Å²) >= 11 is 0. The SMILES string of the molecule is COc1ccc([C@H](c2nnnn2C2CCCCC2)N2CCN(c3ccccc3F)CC2)cc1. The Morgan fingerprint density at radius 1 is 0.939 bits per heavy atom. The Balaban J connectivity index is 1.43. The maximum atomic E-state index is 14.4. The average Bonchev–Trinajstić information content (AvgIpc) is 3.35. The molecule has 0 amide bonds. The minimum atomic E-state index is -0.168. The lowest BCUT2D eigenvalue weighted by molar-refractivity contribution is 0.193. The molecule has 33 heavy (non-hydrogen) atoms. The van der Waals surface area contributed by atoms with E-state index in [-0.39, 0.29) is 11.9 Å². The fourth-order valence-electron chi connectivity index (χ4n) is 5.20. The molecule has 0 spiro atoms. The summed E-state index contributed by atoms with van der Waals surface area (Å²) in [6.07, 6.45) is 5.97. The van der Waals surface area contributed by atoms with Gasteiger partial charge in [-0.2, -0.15) is 0 Å². The molecule has 0 bridgehead atoms. The van der Waals surface area contributed by atoms with Crippen molar-refractivity contribution in [1.82, 2.24) is 25.1 Å². The number of ether oxygens (including phenoxy) is 1. The first-order valence-corrected chi connectivity index (χ1v) is 11.9. The second kappa shape index (κ2) is 9.87. The van der Waals surface area contributed by atoms with E-state index in [1.54, 1.807) is 13.2 Å². The van der Waals surface area contributed by atoms with Gasteiger partial charge in [0, 0.05) is 26.2 Å². The van der Waals surface area contributed by atoms with E-state index in [2.05, 4.69) is 42.1 Å². The molecule has 7 nitrogen and oxygen atoms in total. The fraction of sp³-hybridized carbons (Fsp3) is 0.480. The van der Waals surface area contributed by atoms with Crippen LogP contribution < -0.4 is 9.64 Å². The second-order valence-electron chi connectivity index (χ2n) is 8.92. The molecule has 0 N–H and O–H groups in total. The first-order chi connectivity index (χ1) is 16.2. The van der Waals surface area contributed by atoms with Gasteiger partial charge in [-0.05, 0) is 53.1 Å². The van der Waals surface area contributed by atoms with Crippen molar-refractivity contribution in [2.24, 2.45) is 0 Å². The summed E-state index contributed by atoms with van der Waals surface area (Å²) in [6.45, 7) is 3.09. The quantitative estimate of drug-likeness (QED) is 0.560. The van der Waals surface area contributed by atoms with Crippen molar-refractivity contribution in [3.05, 3.63) is 65.7 Å². The number of rotatable bonds is 6. The summed E-state index contributed by atoms with van der Waals surface area (Å²) in [7, 11) is 1.68. The lowest BCUT2D eigenvalue weighted by Gasteiger charge is -2.40. The topological polar surface area (TPSA) is 59.3 Å². The second-order valence-corrected chi connectivity index (χ2v) is 8.92. The summed E-state index contributed by atoms with van der Waals surface area (Å²) in [5.41, 5.74) is 1.81. The van der Waals surface area contributed by atoms with Crippen molar-refractivity contribution in [1.29, 1.82) is 0 Å². The van der Waals surface area contributed by atoms with E-state index < -0.39 is 0 Å².